The number of amides is 2. The van der Waals surface area contributed by atoms with Gasteiger partial charge in [-0.15, -0.1) is 11.8 Å². The second kappa shape index (κ2) is 8.37. The summed E-state index contributed by atoms with van der Waals surface area (Å²) in [4.78, 5) is 28.1. The highest BCUT2D eigenvalue weighted by Crippen LogP contribution is 2.27. The zero-order valence-corrected chi connectivity index (χ0v) is 15.3. The zero-order valence-electron chi connectivity index (χ0n) is 13.0. The van der Waals surface area contributed by atoms with E-state index in [1.54, 1.807) is 19.1 Å². The van der Waals surface area contributed by atoms with Gasteiger partial charge in [0.1, 0.15) is 0 Å². The van der Waals surface area contributed by atoms with Crippen molar-refractivity contribution in [2.75, 3.05) is 10.6 Å². The molecule has 2 N–H and O–H groups in total. The van der Waals surface area contributed by atoms with Crippen LogP contribution < -0.4 is 10.6 Å². The molecule has 2 aromatic rings. The predicted octanol–water partition coefficient (Wildman–Crippen LogP) is 4.47. The highest BCUT2D eigenvalue weighted by atomic mass is 35.5. The molecule has 0 fully saturated rings. The first-order valence-electron chi connectivity index (χ1n) is 7.01. The summed E-state index contributed by atoms with van der Waals surface area (Å²) < 4.78 is 0. The molecule has 1 aromatic carbocycles. The fourth-order valence-corrected chi connectivity index (χ4v) is 3.10. The van der Waals surface area contributed by atoms with E-state index in [9.17, 15) is 9.59 Å². The minimum absolute atomic E-state index is 0.129. The first-order chi connectivity index (χ1) is 11.3. The van der Waals surface area contributed by atoms with Crippen LogP contribution in [0.15, 0.2) is 41.4 Å². The van der Waals surface area contributed by atoms with Gasteiger partial charge in [0.05, 0.1) is 15.3 Å². The van der Waals surface area contributed by atoms with Crippen molar-refractivity contribution in [3.63, 3.8) is 0 Å². The average molecular weight is 384 g/mol. The molecule has 2 amide bonds. The van der Waals surface area contributed by atoms with Crippen LogP contribution in [0.4, 0.5) is 11.5 Å². The molecule has 0 bridgehead atoms. The summed E-state index contributed by atoms with van der Waals surface area (Å²) in [5, 5.41) is 5.70. The summed E-state index contributed by atoms with van der Waals surface area (Å²) in [5.41, 5.74) is 0.709. The molecule has 0 radical (unpaired) electrons. The number of rotatable bonds is 5. The topological polar surface area (TPSA) is 71.1 Å². The van der Waals surface area contributed by atoms with Crippen LogP contribution in [-0.4, -0.2) is 22.0 Å². The van der Waals surface area contributed by atoms with Crippen LogP contribution in [-0.2, 0) is 9.59 Å². The van der Waals surface area contributed by atoms with Gasteiger partial charge in [0.25, 0.3) is 0 Å². The first kappa shape index (κ1) is 18.6. The number of aromatic nitrogens is 1. The van der Waals surface area contributed by atoms with Crippen molar-refractivity contribution in [1.82, 2.24) is 4.98 Å². The lowest BCUT2D eigenvalue weighted by molar-refractivity contribution is -0.115. The van der Waals surface area contributed by atoms with Crippen LogP contribution in [0, 0.1) is 0 Å². The summed E-state index contributed by atoms with van der Waals surface area (Å²) in [6.07, 6.45) is 1.42. The number of pyridine rings is 1. The summed E-state index contributed by atoms with van der Waals surface area (Å²) in [6.45, 7) is 3.23. The number of hydrogen-bond acceptors (Lipinski definition) is 4. The lowest BCUT2D eigenvalue weighted by Gasteiger charge is -2.13. The van der Waals surface area contributed by atoms with E-state index in [1.165, 1.54) is 30.9 Å². The molecular weight excluding hydrogens is 369 g/mol. The summed E-state index contributed by atoms with van der Waals surface area (Å²) in [7, 11) is 0. The van der Waals surface area contributed by atoms with Gasteiger partial charge in [0, 0.05) is 23.7 Å². The maximum atomic E-state index is 12.2. The van der Waals surface area contributed by atoms with Crippen LogP contribution in [0.25, 0.3) is 0 Å². The molecule has 0 unspecified atom stereocenters. The molecule has 0 saturated carbocycles. The highest BCUT2D eigenvalue weighted by Gasteiger charge is 2.16. The second-order valence-electron chi connectivity index (χ2n) is 4.94. The Balaban J connectivity index is 1.97. The van der Waals surface area contributed by atoms with Gasteiger partial charge in [0.15, 0.2) is 5.82 Å². The molecule has 1 atom stereocenters. The van der Waals surface area contributed by atoms with Gasteiger partial charge in [-0.25, -0.2) is 4.98 Å². The number of hydrogen-bond donors (Lipinski definition) is 2. The number of benzene rings is 1. The maximum Gasteiger partial charge on any atom is 0.238 e. The molecule has 126 valence electrons. The third kappa shape index (κ3) is 5.40. The number of anilines is 2. The van der Waals surface area contributed by atoms with Gasteiger partial charge in [-0.1, -0.05) is 23.2 Å². The molecule has 1 aromatic heterocycles. The standard InChI is InChI=1S/C16H15Cl2N3O2S/c1-9(16(23)21-15-14(18)7-11(17)8-19-15)24-13-5-3-12(4-6-13)20-10(2)22/h3-9H,1-2H3,(H,20,22)(H,19,21,23)/t9-/m0/s1. The van der Waals surface area contributed by atoms with Gasteiger partial charge in [-0.05, 0) is 37.3 Å². The Kier molecular flexibility index (Phi) is 6.48. The fourth-order valence-electron chi connectivity index (χ4n) is 1.80. The van der Waals surface area contributed by atoms with E-state index in [-0.39, 0.29) is 27.9 Å². The van der Waals surface area contributed by atoms with E-state index < -0.39 is 0 Å². The second-order valence-corrected chi connectivity index (χ2v) is 7.20. The Labute approximate surface area is 154 Å². The number of carbonyl (C=O) groups excluding carboxylic acids is 2. The minimum Gasteiger partial charge on any atom is -0.326 e. The number of nitrogens with zero attached hydrogens (tertiary/aromatic N) is 1. The largest absolute Gasteiger partial charge is 0.326 e. The molecule has 0 aliphatic rings. The van der Waals surface area contributed by atoms with Crippen molar-refractivity contribution in [3.8, 4) is 0 Å². The van der Waals surface area contributed by atoms with Crippen molar-refractivity contribution < 1.29 is 9.59 Å². The molecule has 1 heterocycles. The van der Waals surface area contributed by atoms with Crippen molar-refractivity contribution >= 4 is 58.3 Å². The SMILES string of the molecule is CC(=O)Nc1ccc(S[C@@H](C)C(=O)Nc2ncc(Cl)cc2Cl)cc1. The van der Waals surface area contributed by atoms with E-state index in [4.69, 9.17) is 23.2 Å². The molecule has 24 heavy (non-hydrogen) atoms. The Morgan fingerprint density at radius 3 is 2.42 bits per heavy atom. The predicted molar refractivity (Wildman–Crippen MR) is 99.0 cm³/mol. The lowest BCUT2D eigenvalue weighted by Crippen LogP contribution is -2.23. The maximum absolute atomic E-state index is 12.2. The van der Waals surface area contributed by atoms with Crippen LogP contribution in [0.1, 0.15) is 13.8 Å². The average Bonchev–Trinajstić information content (AvgIpc) is 2.51. The fraction of sp³-hybridized carbons (Fsp3) is 0.188. The van der Waals surface area contributed by atoms with Gasteiger partial charge < -0.3 is 10.6 Å². The molecule has 0 saturated heterocycles. The number of carbonyl (C=O) groups is 2. The van der Waals surface area contributed by atoms with Crippen molar-refractivity contribution in [1.29, 1.82) is 0 Å². The van der Waals surface area contributed by atoms with Crippen LogP contribution >= 0.6 is 35.0 Å². The van der Waals surface area contributed by atoms with Crippen molar-refractivity contribution in [2.24, 2.45) is 0 Å². The summed E-state index contributed by atoms with van der Waals surface area (Å²) >= 11 is 13.2. The molecule has 5 nitrogen and oxygen atoms in total. The Morgan fingerprint density at radius 2 is 1.83 bits per heavy atom. The summed E-state index contributed by atoms with van der Waals surface area (Å²) in [6, 6.07) is 8.77. The normalized spacial score (nSPS) is 11.7. The number of halogens is 2. The number of nitrogens with one attached hydrogen (secondary N) is 2. The monoisotopic (exact) mass is 383 g/mol. The molecule has 8 heteroatoms. The Hall–Kier alpha value is -1.76. The summed E-state index contributed by atoms with van der Waals surface area (Å²) in [5.74, 6) is -0.0716. The van der Waals surface area contributed by atoms with Crippen molar-refractivity contribution in [3.05, 3.63) is 46.6 Å². The van der Waals surface area contributed by atoms with E-state index in [2.05, 4.69) is 15.6 Å². The smallest absolute Gasteiger partial charge is 0.238 e. The zero-order chi connectivity index (χ0) is 17.7. The van der Waals surface area contributed by atoms with E-state index in [0.717, 1.165) is 4.90 Å². The Bertz CT molecular complexity index is 753. The van der Waals surface area contributed by atoms with Gasteiger partial charge in [-0.3, -0.25) is 9.59 Å². The van der Waals surface area contributed by atoms with Crippen LogP contribution in [0.3, 0.4) is 0 Å². The molecule has 0 spiro atoms. The van der Waals surface area contributed by atoms with Crippen LogP contribution in [0.2, 0.25) is 10.0 Å². The minimum atomic E-state index is -0.356. The number of thioether (sulfide) groups is 1. The molecule has 2 rings (SSSR count). The van der Waals surface area contributed by atoms with Gasteiger partial charge >= 0.3 is 0 Å². The van der Waals surface area contributed by atoms with E-state index in [0.29, 0.717) is 10.7 Å². The molecular formula is C16H15Cl2N3O2S. The molecule has 0 aliphatic heterocycles. The van der Waals surface area contributed by atoms with E-state index >= 15 is 0 Å². The van der Waals surface area contributed by atoms with Gasteiger partial charge in [-0.2, -0.15) is 0 Å². The first-order valence-corrected chi connectivity index (χ1v) is 8.65. The van der Waals surface area contributed by atoms with E-state index in [1.807, 2.05) is 12.1 Å². The Morgan fingerprint density at radius 1 is 1.17 bits per heavy atom. The van der Waals surface area contributed by atoms with Gasteiger partial charge in [0.2, 0.25) is 11.8 Å². The quantitative estimate of drug-likeness (QED) is 0.747. The third-order valence-electron chi connectivity index (χ3n) is 2.91. The van der Waals surface area contributed by atoms with Crippen LogP contribution in [0.5, 0.6) is 0 Å². The highest BCUT2D eigenvalue weighted by molar-refractivity contribution is 8.00. The van der Waals surface area contributed by atoms with Crippen molar-refractivity contribution in [2.45, 2.75) is 24.0 Å². The molecule has 0 aliphatic carbocycles. The lowest BCUT2D eigenvalue weighted by atomic mass is 10.3. The third-order valence-corrected chi connectivity index (χ3v) is 4.51.